The van der Waals surface area contributed by atoms with Crippen LogP contribution in [0.5, 0.6) is 0 Å². The van der Waals surface area contributed by atoms with E-state index in [-0.39, 0.29) is 0 Å². The van der Waals surface area contributed by atoms with E-state index >= 15 is 0 Å². The maximum atomic E-state index is 10.6. The highest BCUT2D eigenvalue weighted by Crippen LogP contribution is 2.33. The standard InChI is InChI=1S/C12H14O3/c13-12(14)8-10-4-1-3-9(10)7-11-5-2-6-15-11/h2,5-6,8-9H,1,3-4,7H2,(H,13,14)/b10-8+. The fourth-order valence-electron chi connectivity index (χ4n) is 2.20. The maximum Gasteiger partial charge on any atom is 0.328 e. The molecule has 1 fully saturated rings. The molecule has 1 atom stereocenters. The lowest BCUT2D eigenvalue weighted by molar-refractivity contribution is -0.131. The predicted molar refractivity (Wildman–Crippen MR) is 55.5 cm³/mol. The van der Waals surface area contributed by atoms with Crippen LogP contribution in [0.2, 0.25) is 0 Å². The Labute approximate surface area is 88.4 Å². The first-order chi connectivity index (χ1) is 7.25. The van der Waals surface area contributed by atoms with Crippen molar-refractivity contribution in [3.8, 4) is 0 Å². The van der Waals surface area contributed by atoms with Gasteiger partial charge in [-0.25, -0.2) is 4.79 Å². The average molecular weight is 206 g/mol. The van der Waals surface area contributed by atoms with Crippen LogP contribution in [0.4, 0.5) is 0 Å². The predicted octanol–water partition coefficient (Wildman–Crippen LogP) is 2.63. The van der Waals surface area contributed by atoms with Crippen LogP contribution in [-0.4, -0.2) is 11.1 Å². The first kappa shape index (κ1) is 10.0. The van der Waals surface area contributed by atoms with Gasteiger partial charge in [-0.3, -0.25) is 0 Å². The van der Waals surface area contributed by atoms with Crippen molar-refractivity contribution in [1.82, 2.24) is 0 Å². The number of hydrogen-bond acceptors (Lipinski definition) is 2. The second kappa shape index (κ2) is 4.34. The van der Waals surface area contributed by atoms with Crippen LogP contribution in [0, 0.1) is 5.92 Å². The monoisotopic (exact) mass is 206 g/mol. The summed E-state index contributed by atoms with van der Waals surface area (Å²) in [4.78, 5) is 10.6. The first-order valence-electron chi connectivity index (χ1n) is 5.21. The van der Waals surface area contributed by atoms with Gasteiger partial charge in [0.25, 0.3) is 0 Å². The van der Waals surface area contributed by atoms with E-state index in [1.807, 2.05) is 12.1 Å². The molecule has 1 heterocycles. The van der Waals surface area contributed by atoms with E-state index in [0.717, 1.165) is 37.0 Å². The zero-order valence-corrected chi connectivity index (χ0v) is 8.48. The number of rotatable bonds is 3. The van der Waals surface area contributed by atoms with Gasteiger partial charge in [-0.2, -0.15) is 0 Å². The Morgan fingerprint density at radius 3 is 3.20 bits per heavy atom. The third kappa shape index (κ3) is 2.49. The summed E-state index contributed by atoms with van der Waals surface area (Å²) in [6.45, 7) is 0. The molecule has 0 bridgehead atoms. The quantitative estimate of drug-likeness (QED) is 0.773. The van der Waals surface area contributed by atoms with E-state index in [4.69, 9.17) is 9.52 Å². The van der Waals surface area contributed by atoms with Crippen LogP contribution in [0.25, 0.3) is 0 Å². The summed E-state index contributed by atoms with van der Waals surface area (Å²) >= 11 is 0. The molecule has 0 spiro atoms. The average Bonchev–Trinajstić information content (AvgIpc) is 2.78. The summed E-state index contributed by atoms with van der Waals surface area (Å²) in [5.41, 5.74) is 1.05. The number of furan rings is 1. The van der Waals surface area contributed by atoms with E-state index in [1.54, 1.807) is 6.26 Å². The summed E-state index contributed by atoms with van der Waals surface area (Å²) < 4.78 is 5.27. The highest BCUT2D eigenvalue weighted by Gasteiger charge is 2.22. The summed E-state index contributed by atoms with van der Waals surface area (Å²) in [5, 5.41) is 8.72. The lowest BCUT2D eigenvalue weighted by Gasteiger charge is -2.08. The van der Waals surface area contributed by atoms with E-state index in [2.05, 4.69) is 0 Å². The fourth-order valence-corrected chi connectivity index (χ4v) is 2.20. The fraction of sp³-hybridized carbons (Fsp3) is 0.417. The van der Waals surface area contributed by atoms with E-state index in [1.165, 1.54) is 6.08 Å². The Morgan fingerprint density at radius 1 is 1.67 bits per heavy atom. The molecule has 1 N–H and O–H groups in total. The molecule has 80 valence electrons. The summed E-state index contributed by atoms with van der Waals surface area (Å²) in [6, 6.07) is 3.81. The summed E-state index contributed by atoms with van der Waals surface area (Å²) in [5.74, 6) is 0.460. The molecule has 1 aliphatic carbocycles. The van der Waals surface area contributed by atoms with Gasteiger partial charge in [0.15, 0.2) is 0 Å². The minimum Gasteiger partial charge on any atom is -0.478 e. The number of carbonyl (C=O) groups is 1. The van der Waals surface area contributed by atoms with Crippen LogP contribution >= 0.6 is 0 Å². The summed E-state index contributed by atoms with van der Waals surface area (Å²) in [7, 11) is 0. The van der Waals surface area contributed by atoms with Gasteiger partial charge in [0, 0.05) is 12.5 Å². The third-order valence-electron chi connectivity index (χ3n) is 2.88. The second-order valence-corrected chi connectivity index (χ2v) is 3.93. The van der Waals surface area contributed by atoms with Crippen LogP contribution in [0.3, 0.4) is 0 Å². The van der Waals surface area contributed by atoms with Crippen molar-refractivity contribution in [2.75, 3.05) is 0 Å². The first-order valence-corrected chi connectivity index (χ1v) is 5.21. The van der Waals surface area contributed by atoms with Crippen LogP contribution in [0.1, 0.15) is 25.0 Å². The smallest absolute Gasteiger partial charge is 0.328 e. The lowest BCUT2D eigenvalue weighted by atomic mass is 9.97. The highest BCUT2D eigenvalue weighted by molar-refractivity contribution is 5.80. The van der Waals surface area contributed by atoms with Gasteiger partial charge in [0.05, 0.1) is 6.26 Å². The minimum atomic E-state index is -0.837. The van der Waals surface area contributed by atoms with Crippen LogP contribution in [0.15, 0.2) is 34.5 Å². The molecule has 2 rings (SSSR count). The molecule has 1 aromatic rings. The minimum absolute atomic E-state index is 0.354. The number of allylic oxidation sites excluding steroid dienone is 1. The second-order valence-electron chi connectivity index (χ2n) is 3.93. The normalized spacial score (nSPS) is 23.5. The molecule has 1 saturated carbocycles. The van der Waals surface area contributed by atoms with Gasteiger partial charge in [-0.1, -0.05) is 5.57 Å². The van der Waals surface area contributed by atoms with Crippen molar-refractivity contribution in [1.29, 1.82) is 0 Å². The molecule has 0 amide bonds. The molecule has 1 aromatic heterocycles. The van der Waals surface area contributed by atoms with Crippen molar-refractivity contribution in [2.24, 2.45) is 5.92 Å². The van der Waals surface area contributed by atoms with E-state index in [0.29, 0.717) is 5.92 Å². The Bertz CT molecular complexity index is 362. The van der Waals surface area contributed by atoms with Gasteiger partial charge in [-0.15, -0.1) is 0 Å². The van der Waals surface area contributed by atoms with Gasteiger partial charge in [0.1, 0.15) is 5.76 Å². The van der Waals surface area contributed by atoms with Gasteiger partial charge in [-0.05, 0) is 37.3 Å². The summed E-state index contributed by atoms with van der Waals surface area (Å²) in [6.07, 6.45) is 6.92. The number of hydrogen-bond donors (Lipinski definition) is 1. The van der Waals surface area contributed by atoms with Gasteiger partial charge >= 0.3 is 5.97 Å². The topological polar surface area (TPSA) is 50.4 Å². The molecular formula is C12H14O3. The Balaban J connectivity index is 2.05. The van der Waals surface area contributed by atoms with Crippen molar-refractivity contribution in [3.63, 3.8) is 0 Å². The molecule has 0 aromatic carbocycles. The number of aliphatic carboxylic acids is 1. The molecule has 3 heteroatoms. The largest absolute Gasteiger partial charge is 0.478 e. The van der Waals surface area contributed by atoms with Gasteiger partial charge < -0.3 is 9.52 Å². The van der Waals surface area contributed by atoms with Crippen molar-refractivity contribution >= 4 is 5.97 Å². The molecule has 0 radical (unpaired) electrons. The third-order valence-corrected chi connectivity index (χ3v) is 2.88. The zero-order valence-electron chi connectivity index (χ0n) is 8.48. The lowest BCUT2D eigenvalue weighted by Crippen LogP contribution is -2.03. The SMILES string of the molecule is O=C(O)/C=C1\CCCC1Cc1ccco1. The number of carboxylic acids is 1. The van der Waals surface area contributed by atoms with Crippen molar-refractivity contribution in [2.45, 2.75) is 25.7 Å². The van der Waals surface area contributed by atoms with Crippen molar-refractivity contribution in [3.05, 3.63) is 35.8 Å². The van der Waals surface area contributed by atoms with E-state index < -0.39 is 5.97 Å². The molecule has 15 heavy (non-hydrogen) atoms. The van der Waals surface area contributed by atoms with Crippen LogP contribution in [-0.2, 0) is 11.2 Å². The molecular weight excluding hydrogens is 192 g/mol. The highest BCUT2D eigenvalue weighted by atomic mass is 16.4. The Morgan fingerprint density at radius 2 is 2.53 bits per heavy atom. The Kier molecular flexibility index (Phi) is 2.90. The van der Waals surface area contributed by atoms with Gasteiger partial charge in [0.2, 0.25) is 0 Å². The van der Waals surface area contributed by atoms with Crippen molar-refractivity contribution < 1.29 is 14.3 Å². The molecule has 3 nitrogen and oxygen atoms in total. The molecule has 1 aliphatic rings. The molecule has 1 unspecified atom stereocenters. The van der Waals surface area contributed by atoms with E-state index in [9.17, 15) is 4.79 Å². The zero-order chi connectivity index (χ0) is 10.7. The number of carboxylic acid groups (broad SMARTS) is 1. The Hall–Kier alpha value is -1.51. The van der Waals surface area contributed by atoms with Crippen LogP contribution < -0.4 is 0 Å². The maximum absolute atomic E-state index is 10.6. The molecule has 0 aliphatic heterocycles. The molecule has 0 saturated heterocycles.